The van der Waals surface area contributed by atoms with Crippen molar-refractivity contribution < 1.29 is 70.5 Å². The van der Waals surface area contributed by atoms with Gasteiger partial charge in [-0.25, -0.2) is 0 Å². The average Bonchev–Trinajstić information content (AvgIpc) is 2.26. The van der Waals surface area contributed by atoms with Crippen molar-refractivity contribution in [2.24, 2.45) is 5.92 Å². The fraction of sp³-hybridized carbons (Fsp3) is 0.429. The van der Waals surface area contributed by atoms with Crippen LogP contribution in [-0.2, 0) is 65.4 Å². The number of rotatable bonds is 5. The molecule has 0 bridgehead atoms. The van der Waals surface area contributed by atoms with Crippen molar-refractivity contribution in [3.05, 3.63) is 42.0 Å². The number of benzene rings is 1. The summed E-state index contributed by atoms with van der Waals surface area (Å²) in [6.07, 6.45) is 1.84. The second-order valence-electron chi connectivity index (χ2n) is 4.04. The van der Waals surface area contributed by atoms with Gasteiger partial charge in [0.15, 0.2) is 0 Å². The number of aliphatic hydroxyl groups excluding tert-OH is 1. The van der Waals surface area contributed by atoms with Crippen LogP contribution < -0.4 is 0 Å². The maximum absolute atomic E-state index is 9.11. The van der Waals surface area contributed by atoms with Gasteiger partial charge < -0.3 is 5.11 Å². The summed E-state index contributed by atoms with van der Waals surface area (Å²) in [5.41, 5.74) is 3.34. The summed E-state index contributed by atoms with van der Waals surface area (Å²) in [4.78, 5) is 0. The van der Waals surface area contributed by atoms with Gasteiger partial charge in [-0.3, -0.25) is 0 Å². The molecule has 1 atom stereocenters. The van der Waals surface area contributed by atoms with E-state index in [1.165, 1.54) is 5.56 Å². The third-order valence-corrected chi connectivity index (χ3v) is 2.72. The summed E-state index contributed by atoms with van der Waals surface area (Å²) in [7, 11) is 0. The van der Waals surface area contributed by atoms with E-state index < -0.39 is 0 Å². The smallest absolute Gasteiger partial charge is 0.0454 e. The van der Waals surface area contributed by atoms with Gasteiger partial charge in [0.1, 0.15) is 0 Å². The molecule has 0 aromatic heterocycles. The maximum Gasteiger partial charge on any atom is 0.0454 e. The molecule has 0 aliphatic rings. The third-order valence-electron chi connectivity index (χ3n) is 2.72. The molecule has 0 spiro atoms. The minimum absolute atomic E-state index is 0. The van der Waals surface area contributed by atoms with Crippen LogP contribution in [0.2, 0.25) is 0 Å². The summed E-state index contributed by atoms with van der Waals surface area (Å²) in [6.45, 7) is 8.42. The Morgan fingerprint density at radius 1 is 1.41 bits per heavy atom. The van der Waals surface area contributed by atoms with Crippen LogP contribution >= 0.6 is 0 Å². The topological polar surface area (TPSA) is 20.2 Å². The van der Waals surface area contributed by atoms with E-state index in [2.05, 4.69) is 25.6 Å². The molecule has 0 heterocycles. The van der Waals surface area contributed by atoms with Gasteiger partial charge >= 0.3 is 0 Å². The normalized spacial score (nSPS) is 11.0. The molecular formula is C14H19OY2-. The first-order valence-corrected chi connectivity index (χ1v) is 5.44. The van der Waals surface area contributed by atoms with E-state index in [0.29, 0.717) is 5.92 Å². The molecule has 3 heteroatoms. The van der Waals surface area contributed by atoms with Crippen molar-refractivity contribution in [1.29, 1.82) is 0 Å². The molecule has 0 aliphatic carbocycles. The Balaban J connectivity index is 0. The molecular weight excluding hydrogens is 362 g/mol. The van der Waals surface area contributed by atoms with Gasteiger partial charge in [0.05, 0.1) is 0 Å². The first-order valence-electron chi connectivity index (χ1n) is 5.44. The van der Waals surface area contributed by atoms with Crippen molar-refractivity contribution in [2.45, 2.75) is 26.7 Å². The molecule has 88 valence electrons. The standard InChI is InChI=1S/C14H19O.2Y/c1-4-13(10-15)9-12(3)14-7-5-11(2)6-8-14;;/h5-7,13,15H,3-4,9-10H2,1-2H3;;/q-1;;. The molecule has 1 aromatic rings. The van der Waals surface area contributed by atoms with Crippen LogP contribution in [0.5, 0.6) is 0 Å². The van der Waals surface area contributed by atoms with E-state index in [0.717, 1.165) is 24.0 Å². The second-order valence-corrected chi connectivity index (χ2v) is 4.04. The van der Waals surface area contributed by atoms with Gasteiger partial charge in [-0.1, -0.05) is 26.7 Å². The number of hydrogen-bond donors (Lipinski definition) is 1. The van der Waals surface area contributed by atoms with E-state index >= 15 is 0 Å². The molecule has 2 radical (unpaired) electrons. The predicted molar refractivity (Wildman–Crippen MR) is 64.5 cm³/mol. The fourth-order valence-corrected chi connectivity index (χ4v) is 1.52. The number of allylic oxidation sites excluding steroid dienone is 1. The summed E-state index contributed by atoms with van der Waals surface area (Å²) < 4.78 is 0. The van der Waals surface area contributed by atoms with Crippen LogP contribution in [-0.4, -0.2) is 11.7 Å². The van der Waals surface area contributed by atoms with Gasteiger partial charge in [-0.15, -0.1) is 47.5 Å². The Bertz CT molecular complexity index is 315. The van der Waals surface area contributed by atoms with Crippen LogP contribution in [0.15, 0.2) is 24.8 Å². The van der Waals surface area contributed by atoms with Crippen molar-refractivity contribution in [3.63, 3.8) is 0 Å². The summed E-state index contributed by atoms with van der Waals surface area (Å²) in [6, 6.07) is 9.29. The van der Waals surface area contributed by atoms with E-state index in [1.54, 1.807) is 0 Å². The van der Waals surface area contributed by atoms with E-state index in [4.69, 9.17) is 5.11 Å². The zero-order valence-corrected chi connectivity index (χ0v) is 16.4. The zero-order valence-electron chi connectivity index (χ0n) is 10.7. The van der Waals surface area contributed by atoms with Crippen molar-refractivity contribution in [1.82, 2.24) is 0 Å². The van der Waals surface area contributed by atoms with Crippen LogP contribution in [0.25, 0.3) is 5.57 Å². The first kappa shape index (κ1) is 20.4. The molecule has 0 saturated heterocycles. The van der Waals surface area contributed by atoms with Crippen LogP contribution in [0.3, 0.4) is 0 Å². The summed E-state index contributed by atoms with van der Waals surface area (Å²) >= 11 is 0. The quantitative estimate of drug-likeness (QED) is 0.777. The minimum atomic E-state index is 0. The Labute approximate surface area is 155 Å². The van der Waals surface area contributed by atoms with Gasteiger partial charge in [-0.05, 0) is 5.92 Å². The number of hydrogen-bond acceptors (Lipinski definition) is 1. The molecule has 1 rings (SSSR count). The molecule has 0 fully saturated rings. The molecule has 1 unspecified atom stereocenters. The zero-order chi connectivity index (χ0) is 11.3. The average molecular weight is 381 g/mol. The molecule has 0 saturated carbocycles. The predicted octanol–water partition coefficient (Wildman–Crippen LogP) is 3.21. The van der Waals surface area contributed by atoms with Gasteiger partial charge in [0.25, 0.3) is 0 Å². The van der Waals surface area contributed by atoms with Gasteiger partial charge in [0.2, 0.25) is 0 Å². The molecule has 1 nitrogen and oxygen atoms in total. The summed E-state index contributed by atoms with van der Waals surface area (Å²) in [5, 5.41) is 9.11. The van der Waals surface area contributed by atoms with E-state index in [1.807, 2.05) is 19.1 Å². The summed E-state index contributed by atoms with van der Waals surface area (Å²) in [5.74, 6) is 0.326. The second kappa shape index (κ2) is 11.0. The molecule has 1 aromatic carbocycles. The van der Waals surface area contributed by atoms with Crippen LogP contribution in [0.4, 0.5) is 0 Å². The molecule has 17 heavy (non-hydrogen) atoms. The van der Waals surface area contributed by atoms with Crippen LogP contribution in [0.1, 0.15) is 30.9 Å². The fourth-order valence-electron chi connectivity index (χ4n) is 1.52. The van der Waals surface area contributed by atoms with Crippen LogP contribution in [0, 0.1) is 18.9 Å². The Hall–Kier alpha value is 1.13. The Morgan fingerprint density at radius 2 is 2.06 bits per heavy atom. The largest absolute Gasteiger partial charge is 0.396 e. The van der Waals surface area contributed by atoms with Crippen molar-refractivity contribution >= 4 is 5.57 Å². The van der Waals surface area contributed by atoms with E-state index in [-0.39, 0.29) is 72.0 Å². The van der Waals surface area contributed by atoms with Crippen molar-refractivity contribution in [2.75, 3.05) is 6.61 Å². The van der Waals surface area contributed by atoms with Crippen molar-refractivity contribution in [3.8, 4) is 0 Å². The molecule has 0 aliphatic heterocycles. The molecule has 0 amide bonds. The SMILES string of the molecule is C=C(CC(CC)CO)c1[c-]cc(C)cc1.[Y].[Y]. The maximum atomic E-state index is 9.11. The first-order chi connectivity index (χ1) is 7.17. The molecule has 1 N–H and O–H groups in total. The minimum Gasteiger partial charge on any atom is -0.396 e. The van der Waals surface area contributed by atoms with Gasteiger partial charge in [-0.2, -0.15) is 0 Å². The number of aliphatic hydroxyl groups is 1. The van der Waals surface area contributed by atoms with E-state index in [9.17, 15) is 0 Å². The third kappa shape index (κ3) is 7.33. The Morgan fingerprint density at radius 3 is 2.47 bits per heavy atom. The monoisotopic (exact) mass is 381 g/mol. The number of aryl methyl sites for hydroxylation is 1. The Kier molecular flexibility index (Phi) is 13.2. The van der Waals surface area contributed by atoms with Gasteiger partial charge in [0, 0.05) is 72.0 Å².